The standard InChI is InChI=1S/C33H31NO5/c1-21-30(33(37)38-18-17-23-9-5-3-6-10-23)31(25-13-15-27(16-14-25)39-22(2)35)32-28(34-21)19-26(20-29(32)36)24-11-7-4-8-12-24/h3-16,26,31,34H,17-20H2,1-2H3/t26-,31-/m1/s1. The van der Waals surface area contributed by atoms with Crippen molar-refractivity contribution in [2.45, 2.75) is 44.9 Å². The molecule has 0 unspecified atom stereocenters. The van der Waals surface area contributed by atoms with Crippen LogP contribution in [0.4, 0.5) is 0 Å². The van der Waals surface area contributed by atoms with Crippen molar-refractivity contribution in [2.24, 2.45) is 0 Å². The largest absolute Gasteiger partial charge is 0.462 e. The molecule has 0 bridgehead atoms. The third-order valence-electron chi connectivity index (χ3n) is 7.26. The van der Waals surface area contributed by atoms with Gasteiger partial charge in [-0.05, 0) is 48.1 Å². The van der Waals surface area contributed by atoms with Gasteiger partial charge < -0.3 is 14.8 Å². The lowest BCUT2D eigenvalue weighted by Crippen LogP contribution is -2.36. The molecule has 39 heavy (non-hydrogen) atoms. The Bertz CT molecular complexity index is 1440. The number of benzene rings is 3. The molecule has 0 spiro atoms. The number of rotatable bonds is 7. The van der Waals surface area contributed by atoms with Crippen LogP contribution < -0.4 is 10.1 Å². The lowest BCUT2D eigenvalue weighted by molar-refractivity contribution is -0.139. The first-order valence-electron chi connectivity index (χ1n) is 13.2. The molecule has 0 amide bonds. The molecule has 2 atom stereocenters. The fourth-order valence-corrected chi connectivity index (χ4v) is 5.48. The predicted octanol–water partition coefficient (Wildman–Crippen LogP) is 5.76. The van der Waals surface area contributed by atoms with Gasteiger partial charge >= 0.3 is 11.9 Å². The van der Waals surface area contributed by atoms with Crippen LogP contribution in [0.3, 0.4) is 0 Å². The van der Waals surface area contributed by atoms with Crippen molar-refractivity contribution in [3.8, 4) is 5.75 Å². The Morgan fingerprint density at radius 3 is 2.21 bits per heavy atom. The van der Waals surface area contributed by atoms with Gasteiger partial charge in [0.05, 0.1) is 12.2 Å². The minimum absolute atomic E-state index is 0.00810. The van der Waals surface area contributed by atoms with Crippen LogP contribution >= 0.6 is 0 Å². The maximum atomic E-state index is 13.7. The van der Waals surface area contributed by atoms with Crippen LogP contribution in [-0.4, -0.2) is 24.3 Å². The third-order valence-corrected chi connectivity index (χ3v) is 7.26. The molecule has 0 aromatic heterocycles. The number of ether oxygens (including phenoxy) is 2. The van der Waals surface area contributed by atoms with E-state index >= 15 is 0 Å². The molecule has 1 heterocycles. The summed E-state index contributed by atoms with van der Waals surface area (Å²) in [6, 6.07) is 26.9. The van der Waals surface area contributed by atoms with Crippen molar-refractivity contribution in [3.63, 3.8) is 0 Å². The van der Waals surface area contributed by atoms with Gasteiger partial charge in [-0.1, -0.05) is 72.8 Å². The van der Waals surface area contributed by atoms with Gasteiger partial charge in [0.25, 0.3) is 0 Å². The molecule has 1 N–H and O–H groups in total. The zero-order valence-corrected chi connectivity index (χ0v) is 22.1. The summed E-state index contributed by atoms with van der Waals surface area (Å²) in [4.78, 5) is 38.7. The van der Waals surface area contributed by atoms with Crippen LogP contribution in [0.1, 0.15) is 55.2 Å². The fourth-order valence-electron chi connectivity index (χ4n) is 5.48. The molecule has 5 rings (SSSR count). The number of hydrogen-bond donors (Lipinski definition) is 1. The molecule has 0 fully saturated rings. The molecule has 6 nitrogen and oxygen atoms in total. The van der Waals surface area contributed by atoms with Crippen molar-refractivity contribution in [2.75, 3.05) is 6.61 Å². The molecule has 198 valence electrons. The van der Waals surface area contributed by atoms with E-state index in [9.17, 15) is 14.4 Å². The van der Waals surface area contributed by atoms with Gasteiger partial charge in [-0.15, -0.1) is 0 Å². The number of carbonyl (C=O) groups excluding carboxylic acids is 3. The second kappa shape index (κ2) is 11.5. The highest BCUT2D eigenvalue weighted by Crippen LogP contribution is 2.45. The lowest BCUT2D eigenvalue weighted by Gasteiger charge is -2.36. The molecular formula is C33H31NO5. The zero-order valence-electron chi connectivity index (χ0n) is 22.1. The van der Waals surface area contributed by atoms with E-state index in [1.165, 1.54) is 6.92 Å². The van der Waals surface area contributed by atoms with Gasteiger partial charge in [0.15, 0.2) is 5.78 Å². The lowest BCUT2D eigenvalue weighted by atomic mass is 9.72. The Morgan fingerprint density at radius 2 is 1.54 bits per heavy atom. The molecule has 0 saturated heterocycles. The van der Waals surface area contributed by atoms with Crippen molar-refractivity contribution in [1.29, 1.82) is 0 Å². The van der Waals surface area contributed by atoms with Crippen LogP contribution in [0, 0.1) is 0 Å². The maximum absolute atomic E-state index is 13.7. The van der Waals surface area contributed by atoms with Crippen LogP contribution in [-0.2, 0) is 25.5 Å². The average Bonchev–Trinajstić information content (AvgIpc) is 2.93. The Kier molecular flexibility index (Phi) is 7.73. The molecule has 0 radical (unpaired) electrons. The average molecular weight is 522 g/mol. The highest BCUT2D eigenvalue weighted by molar-refractivity contribution is 6.04. The first-order valence-corrected chi connectivity index (χ1v) is 13.2. The van der Waals surface area contributed by atoms with E-state index in [1.807, 2.05) is 55.5 Å². The van der Waals surface area contributed by atoms with Crippen molar-refractivity contribution < 1.29 is 23.9 Å². The van der Waals surface area contributed by atoms with Crippen LogP contribution in [0.2, 0.25) is 0 Å². The number of hydrogen-bond acceptors (Lipinski definition) is 6. The van der Waals surface area contributed by atoms with Gasteiger partial charge in [0, 0.05) is 42.7 Å². The fraction of sp³-hybridized carbons (Fsp3) is 0.242. The predicted molar refractivity (Wildman–Crippen MR) is 148 cm³/mol. The molecule has 3 aromatic rings. The second-order valence-electron chi connectivity index (χ2n) is 9.96. The van der Waals surface area contributed by atoms with Gasteiger partial charge in [0.1, 0.15) is 5.75 Å². The Balaban J connectivity index is 1.47. The van der Waals surface area contributed by atoms with E-state index in [2.05, 4.69) is 17.4 Å². The Labute approximate surface area is 228 Å². The molecule has 1 aliphatic heterocycles. The maximum Gasteiger partial charge on any atom is 0.336 e. The summed E-state index contributed by atoms with van der Waals surface area (Å²) in [6.45, 7) is 3.43. The van der Waals surface area contributed by atoms with E-state index in [0.717, 1.165) is 22.4 Å². The minimum Gasteiger partial charge on any atom is -0.462 e. The molecular weight excluding hydrogens is 490 g/mol. The molecule has 2 aliphatic rings. The van der Waals surface area contributed by atoms with E-state index in [4.69, 9.17) is 9.47 Å². The highest BCUT2D eigenvalue weighted by atomic mass is 16.5. The van der Waals surface area contributed by atoms with Crippen LogP contribution in [0.5, 0.6) is 5.75 Å². The summed E-state index contributed by atoms with van der Waals surface area (Å²) >= 11 is 0. The number of dihydropyridines is 1. The summed E-state index contributed by atoms with van der Waals surface area (Å²) in [6.07, 6.45) is 1.63. The van der Waals surface area contributed by atoms with Gasteiger partial charge in [-0.3, -0.25) is 9.59 Å². The first-order chi connectivity index (χ1) is 18.9. The molecule has 1 aliphatic carbocycles. The van der Waals surface area contributed by atoms with Gasteiger partial charge in [-0.2, -0.15) is 0 Å². The zero-order chi connectivity index (χ0) is 27.4. The summed E-state index contributed by atoms with van der Waals surface area (Å²) in [5.74, 6) is -0.975. The summed E-state index contributed by atoms with van der Waals surface area (Å²) in [5.41, 5.74) is 5.50. The SMILES string of the molecule is CC(=O)Oc1ccc([C@@H]2C(C(=O)OCCc3ccccc3)=C(C)NC3=C2C(=O)C[C@H](c2ccccc2)C3)cc1. The number of carbonyl (C=O) groups is 3. The number of ketones is 1. The normalized spacial score (nSPS) is 18.8. The topological polar surface area (TPSA) is 81.7 Å². The third kappa shape index (κ3) is 5.85. The molecule has 0 saturated carbocycles. The van der Waals surface area contributed by atoms with E-state index in [-0.39, 0.29) is 18.3 Å². The summed E-state index contributed by atoms with van der Waals surface area (Å²) < 4.78 is 11.0. The minimum atomic E-state index is -0.582. The van der Waals surface area contributed by atoms with Crippen molar-refractivity contribution >= 4 is 17.7 Å². The number of allylic oxidation sites excluding steroid dienone is 3. The van der Waals surface area contributed by atoms with E-state index in [0.29, 0.717) is 41.9 Å². The van der Waals surface area contributed by atoms with Crippen molar-refractivity contribution in [1.82, 2.24) is 5.32 Å². The monoisotopic (exact) mass is 521 g/mol. The van der Waals surface area contributed by atoms with Crippen molar-refractivity contribution in [3.05, 3.63) is 124 Å². The van der Waals surface area contributed by atoms with Crippen LogP contribution in [0.15, 0.2) is 107 Å². The highest BCUT2D eigenvalue weighted by Gasteiger charge is 2.41. The summed E-state index contributed by atoms with van der Waals surface area (Å²) in [7, 11) is 0. The number of nitrogens with one attached hydrogen (secondary N) is 1. The van der Waals surface area contributed by atoms with E-state index in [1.54, 1.807) is 24.3 Å². The molecule has 6 heteroatoms. The Hall–Kier alpha value is -4.45. The van der Waals surface area contributed by atoms with Crippen LogP contribution in [0.25, 0.3) is 0 Å². The second-order valence-corrected chi connectivity index (χ2v) is 9.96. The Morgan fingerprint density at radius 1 is 0.872 bits per heavy atom. The quantitative estimate of drug-likeness (QED) is 0.315. The summed E-state index contributed by atoms with van der Waals surface area (Å²) in [5, 5.41) is 3.39. The van der Waals surface area contributed by atoms with E-state index < -0.39 is 17.9 Å². The van der Waals surface area contributed by atoms with Gasteiger partial charge in [-0.25, -0.2) is 4.79 Å². The molecule has 3 aromatic carbocycles. The number of esters is 2. The van der Waals surface area contributed by atoms with Gasteiger partial charge in [0.2, 0.25) is 0 Å². The smallest absolute Gasteiger partial charge is 0.336 e. The number of Topliss-reactive ketones (excluding diaryl/α,β-unsaturated/α-hetero) is 1. The first kappa shape index (κ1) is 26.2.